The summed E-state index contributed by atoms with van der Waals surface area (Å²) in [4.78, 5) is 13.3. The van der Waals surface area contributed by atoms with Crippen molar-refractivity contribution >= 4 is 5.91 Å². The zero-order valence-corrected chi connectivity index (χ0v) is 47.1. The van der Waals surface area contributed by atoms with E-state index in [1.54, 1.807) is 6.08 Å². The van der Waals surface area contributed by atoms with E-state index in [4.69, 9.17) is 28.4 Å². The number of hydrogen-bond acceptors (Lipinski definition) is 18. The van der Waals surface area contributed by atoms with Crippen LogP contribution in [-0.4, -0.2) is 193 Å². The number of allylic oxidation sites excluding steroid dienone is 7. The molecule has 0 aromatic rings. The van der Waals surface area contributed by atoms with Gasteiger partial charge in [-0.25, -0.2) is 0 Å². The van der Waals surface area contributed by atoms with Gasteiger partial charge in [0.25, 0.3) is 0 Å². The number of nitrogens with one attached hydrogen (secondary N) is 1. The number of hydrogen-bond donors (Lipinski definition) is 12. The van der Waals surface area contributed by atoms with Gasteiger partial charge < -0.3 is 89.9 Å². The van der Waals surface area contributed by atoms with Crippen molar-refractivity contribution in [1.82, 2.24) is 5.32 Å². The molecule has 454 valence electrons. The highest BCUT2D eigenvalue weighted by Crippen LogP contribution is 2.33. The maximum atomic E-state index is 13.3. The predicted octanol–water partition coefficient (Wildman–Crippen LogP) is 5.09. The van der Waals surface area contributed by atoms with Crippen molar-refractivity contribution in [3.63, 3.8) is 0 Å². The van der Waals surface area contributed by atoms with E-state index in [0.717, 1.165) is 64.2 Å². The van der Waals surface area contributed by atoms with Crippen LogP contribution in [0.15, 0.2) is 48.6 Å². The monoisotopic (exact) mass is 1120 g/mol. The van der Waals surface area contributed by atoms with Gasteiger partial charge in [-0.05, 0) is 70.6 Å². The van der Waals surface area contributed by atoms with Gasteiger partial charge >= 0.3 is 0 Å². The van der Waals surface area contributed by atoms with E-state index in [-0.39, 0.29) is 18.9 Å². The highest BCUT2D eigenvalue weighted by Gasteiger charge is 2.53. The normalized spacial score (nSPS) is 30.8. The molecule has 19 nitrogen and oxygen atoms in total. The number of carbonyl (C=O) groups is 1. The second-order valence-corrected chi connectivity index (χ2v) is 21.4. The predicted molar refractivity (Wildman–Crippen MR) is 295 cm³/mol. The molecule has 3 aliphatic heterocycles. The van der Waals surface area contributed by atoms with Gasteiger partial charge in [0, 0.05) is 6.42 Å². The zero-order valence-electron chi connectivity index (χ0n) is 47.1. The van der Waals surface area contributed by atoms with Gasteiger partial charge in [0.05, 0.1) is 38.6 Å². The van der Waals surface area contributed by atoms with Crippen LogP contribution in [0.4, 0.5) is 0 Å². The average Bonchev–Trinajstić information content (AvgIpc) is 3.47. The maximum absolute atomic E-state index is 13.3. The molecule has 17 unspecified atom stereocenters. The van der Waals surface area contributed by atoms with Crippen LogP contribution in [0.5, 0.6) is 0 Å². The molecule has 1 amide bonds. The average molecular weight is 1120 g/mol. The van der Waals surface area contributed by atoms with Crippen LogP contribution in [0.3, 0.4) is 0 Å². The first-order valence-corrected chi connectivity index (χ1v) is 29.9. The van der Waals surface area contributed by atoms with Gasteiger partial charge in [-0.2, -0.15) is 0 Å². The second kappa shape index (κ2) is 42.6. The van der Waals surface area contributed by atoms with Crippen molar-refractivity contribution in [3.05, 3.63) is 48.6 Å². The van der Waals surface area contributed by atoms with E-state index in [1.807, 2.05) is 6.08 Å². The summed E-state index contributed by atoms with van der Waals surface area (Å²) < 4.78 is 34.2. The molecule has 0 spiro atoms. The second-order valence-electron chi connectivity index (χ2n) is 21.4. The van der Waals surface area contributed by atoms with Crippen LogP contribution in [-0.2, 0) is 33.2 Å². The van der Waals surface area contributed by atoms with Crippen molar-refractivity contribution in [2.24, 2.45) is 0 Å². The Morgan fingerprint density at radius 2 is 0.821 bits per heavy atom. The van der Waals surface area contributed by atoms with Crippen molar-refractivity contribution in [2.75, 3.05) is 26.4 Å². The Labute approximate surface area is 465 Å². The number of carbonyl (C=O) groups excluding carboxylic acids is 1. The van der Waals surface area contributed by atoms with Crippen LogP contribution < -0.4 is 5.32 Å². The molecule has 0 aromatic carbocycles. The highest BCUT2D eigenvalue weighted by atomic mass is 16.8. The van der Waals surface area contributed by atoms with Gasteiger partial charge in [-0.1, -0.05) is 159 Å². The Balaban J connectivity index is 1.53. The van der Waals surface area contributed by atoms with Gasteiger partial charge in [0.1, 0.15) is 73.2 Å². The molecule has 17 atom stereocenters. The summed E-state index contributed by atoms with van der Waals surface area (Å²) in [5, 5.41) is 120. The molecule has 0 aromatic heterocycles. The van der Waals surface area contributed by atoms with E-state index >= 15 is 0 Å². The van der Waals surface area contributed by atoms with E-state index < -0.39 is 124 Å². The Bertz CT molecular complexity index is 1620. The molecule has 0 radical (unpaired) electrons. The van der Waals surface area contributed by atoms with Crippen LogP contribution >= 0.6 is 0 Å². The third-order valence-electron chi connectivity index (χ3n) is 14.8. The SMILES string of the molecule is CCCCCCC/C=C\CCCCCCCC(=O)NC(COC1OC(CO)C(OC2OC(CO)C(OC3OC(CO)C(O)C(O)C3O)C(O)C2O)C(O)C1O)C(O)/C=C/CC/C=C/CC/C=C/CCCCCCCCCCC. The molecule has 0 aliphatic carbocycles. The molecule has 78 heavy (non-hydrogen) atoms. The first kappa shape index (κ1) is 70.0. The van der Waals surface area contributed by atoms with E-state index in [9.17, 15) is 61.0 Å². The van der Waals surface area contributed by atoms with Gasteiger partial charge in [0.2, 0.25) is 5.91 Å². The molecule has 0 saturated carbocycles. The standard InChI is InChI=1S/C59H105NO18/c1-3-5-7-9-11-13-15-17-19-20-21-22-23-24-26-28-30-32-34-36-43(64)42(60-47(65)37-35-33-31-29-27-25-18-16-14-12-10-8-6-4-2)41-73-57-53(71)50(68)55(45(39-62)75-57)78-59-54(72)51(69)56(46(40-63)76-59)77-58-52(70)49(67)48(66)44(38-61)74-58/h16,18,21-22,26,28,34,36,42-46,48-59,61-64,66-72H,3-15,17,19-20,23-25,27,29-33,35,37-41H2,1-2H3,(H,60,65)/b18-16-,22-21+,28-26+,36-34+. The Morgan fingerprint density at radius 3 is 1.28 bits per heavy atom. The van der Waals surface area contributed by atoms with Crippen molar-refractivity contribution in [1.29, 1.82) is 0 Å². The van der Waals surface area contributed by atoms with Crippen molar-refractivity contribution in [3.8, 4) is 0 Å². The van der Waals surface area contributed by atoms with E-state index in [1.165, 1.54) is 89.9 Å². The topological polar surface area (TPSA) is 307 Å². The van der Waals surface area contributed by atoms with Crippen molar-refractivity contribution < 1.29 is 89.4 Å². The summed E-state index contributed by atoms with van der Waals surface area (Å²) in [5.74, 6) is -0.301. The Hall–Kier alpha value is -2.25. The molecule has 3 saturated heterocycles. The molecule has 19 heteroatoms. The van der Waals surface area contributed by atoms with Crippen LogP contribution in [0.1, 0.15) is 187 Å². The third-order valence-corrected chi connectivity index (χ3v) is 14.8. The zero-order chi connectivity index (χ0) is 56.9. The molecule has 12 N–H and O–H groups in total. The van der Waals surface area contributed by atoms with Crippen LogP contribution in [0.2, 0.25) is 0 Å². The van der Waals surface area contributed by atoms with Crippen LogP contribution in [0, 0.1) is 0 Å². The fourth-order valence-corrected chi connectivity index (χ4v) is 9.86. The fourth-order valence-electron chi connectivity index (χ4n) is 9.86. The minimum absolute atomic E-state index is 0.221. The smallest absolute Gasteiger partial charge is 0.220 e. The van der Waals surface area contributed by atoms with Crippen LogP contribution in [0.25, 0.3) is 0 Å². The molecule has 0 bridgehead atoms. The summed E-state index contributed by atoms with van der Waals surface area (Å²) in [7, 11) is 0. The minimum atomic E-state index is -1.98. The lowest BCUT2D eigenvalue weighted by Gasteiger charge is -2.48. The number of aliphatic hydroxyl groups is 11. The Kier molecular flexibility index (Phi) is 38.2. The molecule has 3 rings (SSSR count). The molecule has 3 heterocycles. The summed E-state index contributed by atoms with van der Waals surface area (Å²) in [6.07, 6.45) is 19.5. The summed E-state index contributed by atoms with van der Waals surface area (Å²) in [6.45, 7) is 1.66. The fraction of sp³-hybridized carbons (Fsp3) is 0.847. The number of aliphatic hydroxyl groups excluding tert-OH is 11. The minimum Gasteiger partial charge on any atom is -0.394 e. The van der Waals surface area contributed by atoms with Crippen molar-refractivity contribution in [2.45, 2.75) is 291 Å². The van der Waals surface area contributed by atoms with E-state index in [2.05, 4.69) is 55.6 Å². The lowest BCUT2D eigenvalue weighted by molar-refractivity contribution is -0.379. The van der Waals surface area contributed by atoms with Gasteiger partial charge in [-0.3, -0.25) is 4.79 Å². The van der Waals surface area contributed by atoms with E-state index in [0.29, 0.717) is 12.8 Å². The quantitative estimate of drug-likeness (QED) is 0.0279. The number of rotatable bonds is 43. The summed E-state index contributed by atoms with van der Waals surface area (Å²) >= 11 is 0. The summed E-state index contributed by atoms with van der Waals surface area (Å²) in [6, 6.07) is -1.000. The first-order valence-electron chi connectivity index (χ1n) is 29.9. The number of amides is 1. The molecule has 3 aliphatic rings. The third kappa shape index (κ3) is 26.3. The molecular weight excluding hydrogens is 1010 g/mol. The lowest BCUT2D eigenvalue weighted by Crippen LogP contribution is -2.66. The maximum Gasteiger partial charge on any atom is 0.220 e. The highest BCUT2D eigenvalue weighted by molar-refractivity contribution is 5.76. The number of unbranched alkanes of at least 4 members (excludes halogenated alkanes) is 21. The number of ether oxygens (including phenoxy) is 6. The Morgan fingerprint density at radius 1 is 0.449 bits per heavy atom. The van der Waals surface area contributed by atoms with Gasteiger partial charge in [0.15, 0.2) is 18.9 Å². The lowest BCUT2D eigenvalue weighted by atomic mass is 9.96. The first-order chi connectivity index (χ1) is 37.8. The largest absolute Gasteiger partial charge is 0.394 e. The molecule has 3 fully saturated rings. The summed E-state index contributed by atoms with van der Waals surface area (Å²) in [5.41, 5.74) is 0. The molecular formula is C59H105NO18. The van der Waals surface area contributed by atoms with Gasteiger partial charge in [-0.15, -0.1) is 0 Å².